The minimum Gasteiger partial charge on any atom is -0.466 e. The van der Waals surface area contributed by atoms with Crippen molar-refractivity contribution in [1.82, 2.24) is 4.57 Å². The monoisotopic (exact) mass is 424 g/mol. The van der Waals surface area contributed by atoms with Crippen LogP contribution in [0.4, 0.5) is 0 Å². The minimum absolute atomic E-state index is 0.202. The van der Waals surface area contributed by atoms with Gasteiger partial charge in [0.05, 0.1) is 29.0 Å². The summed E-state index contributed by atoms with van der Waals surface area (Å²) in [4.78, 5) is 30.9. The maximum absolute atomic E-state index is 13.3. The highest BCUT2D eigenvalue weighted by Crippen LogP contribution is 2.30. The van der Waals surface area contributed by atoms with Crippen molar-refractivity contribution in [2.45, 2.75) is 13.0 Å². The number of aromatic nitrogens is 1. The van der Waals surface area contributed by atoms with E-state index in [1.54, 1.807) is 29.7 Å². The molecule has 1 aliphatic rings. The van der Waals surface area contributed by atoms with Gasteiger partial charge in [-0.3, -0.25) is 9.36 Å². The van der Waals surface area contributed by atoms with E-state index in [1.807, 2.05) is 42.5 Å². The zero-order chi connectivity index (χ0) is 20.5. The molecule has 0 saturated carbocycles. The fourth-order valence-electron chi connectivity index (χ4n) is 3.35. The molecule has 2 aromatic carbocycles. The molecule has 0 amide bonds. The Morgan fingerprint density at radius 2 is 1.86 bits per heavy atom. The lowest BCUT2D eigenvalue weighted by Gasteiger charge is -2.24. The molecule has 1 atom stereocenters. The number of hydrogen-bond donors (Lipinski definition) is 0. The average molecular weight is 425 g/mol. The van der Waals surface area contributed by atoms with Gasteiger partial charge in [0.25, 0.3) is 5.56 Å². The first-order chi connectivity index (χ1) is 14.0. The lowest BCUT2D eigenvalue weighted by atomic mass is 9.96. The van der Waals surface area contributed by atoms with Crippen molar-refractivity contribution in [2.75, 3.05) is 7.11 Å². The lowest BCUT2D eigenvalue weighted by Crippen LogP contribution is -2.39. The van der Waals surface area contributed by atoms with Crippen LogP contribution in [0.15, 0.2) is 75.7 Å². The highest BCUT2D eigenvalue weighted by Gasteiger charge is 2.32. The highest BCUT2D eigenvalue weighted by molar-refractivity contribution is 7.07. The summed E-state index contributed by atoms with van der Waals surface area (Å²) in [5.41, 5.74) is 2.39. The fourth-order valence-corrected chi connectivity index (χ4v) is 4.53. The third kappa shape index (κ3) is 3.57. The molecule has 4 rings (SSSR count). The predicted molar refractivity (Wildman–Crippen MR) is 114 cm³/mol. The van der Waals surface area contributed by atoms with E-state index >= 15 is 0 Å². The maximum Gasteiger partial charge on any atom is 0.338 e. The number of thiazole rings is 1. The van der Waals surface area contributed by atoms with Gasteiger partial charge >= 0.3 is 5.97 Å². The summed E-state index contributed by atoms with van der Waals surface area (Å²) in [5.74, 6) is -0.493. The molecular formula is C22H17ClN2O3S. The van der Waals surface area contributed by atoms with Crippen molar-refractivity contribution < 1.29 is 9.53 Å². The molecular weight excluding hydrogens is 408 g/mol. The molecule has 0 radical (unpaired) electrons. The topological polar surface area (TPSA) is 60.7 Å². The van der Waals surface area contributed by atoms with Gasteiger partial charge in [-0.1, -0.05) is 65.4 Å². The SMILES string of the molecule is COC(=O)C1=C(C)N=c2sc(=Cc3ccc(Cl)cc3)c(=O)n2C1c1ccccc1. The molecule has 29 heavy (non-hydrogen) atoms. The number of nitrogens with zero attached hydrogens (tertiary/aromatic N) is 2. The second kappa shape index (κ2) is 7.81. The largest absolute Gasteiger partial charge is 0.466 e. The first kappa shape index (κ1) is 19.4. The van der Waals surface area contributed by atoms with E-state index in [0.717, 1.165) is 11.1 Å². The van der Waals surface area contributed by atoms with Crippen LogP contribution in [0.5, 0.6) is 0 Å². The van der Waals surface area contributed by atoms with Gasteiger partial charge in [-0.25, -0.2) is 9.79 Å². The molecule has 5 nitrogen and oxygen atoms in total. The van der Waals surface area contributed by atoms with Crippen molar-refractivity contribution in [3.05, 3.63) is 102 Å². The number of carbonyl (C=O) groups is 1. The van der Waals surface area contributed by atoms with Crippen molar-refractivity contribution >= 4 is 35.0 Å². The summed E-state index contributed by atoms with van der Waals surface area (Å²) >= 11 is 7.24. The molecule has 1 aromatic heterocycles. The van der Waals surface area contributed by atoms with Crippen LogP contribution < -0.4 is 14.9 Å². The summed E-state index contributed by atoms with van der Waals surface area (Å²) in [7, 11) is 1.33. The van der Waals surface area contributed by atoms with Gasteiger partial charge in [0.15, 0.2) is 4.80 Å². The lowest BCUT2D eigenvalue weighted by molar-refractivity contribution is -0.136. The number of methoxy groups -OCH3 is 1. The Morgan fingerprint density at radius 3 is 2.52 bits per heavy atom. The van der Waals surface area contributed by atoms with Gasteiger partial charge in [0, 0.05) is 5.02 Å². The van der Waals surface area contributed by atoms with Gasteiger partial charge < -0.3 is 4.74 Å². The van der Waals surface area contributed by atoms with Gasteiger partial charge in [-0.2, -0.15) is 0 Å². The summed E-state index contributed by atoms with van der Waals surface area (Å²) in [6, 6.07) is 16.1. The third-order valence-electron chi connectivity index (χ3n) is 4.71. The van der Waals surface area contributed by atoms with Gasteiger partial charge in [-0.05, 0) is 36.3 Å². The first-order valence-electron chi connectivity index (χ1n) is 8.91. The second-order valence-corrected chi connectivity index (χ2v) is 7.98. The number of rotatable bonds is 3. The number of fused-ring (bicyclic) bond motifs is 1. The van der Waals surface area contributed by atoms with Crippen molar-refractivity contribution in [1.29, 1.82) is 0 Å². The van der Waals surface area contributed by atoms with E-state index in [-0.39, 0.29) is 5.56 Å². The molecule has 3 aromatic rings. The standard InChI is InChI=1S/C22H17ClN2O3S/c1-13-18(21(27)28-2)19(15-6-4-3-5-7-15)25-20(26)17(29-22(25)24-13)12-14-8-10-16(23)11-9-14/h3-12,19H,1-2H3. The Kier molecular flexibility index (Phi) is 5.22. The summed E-state index contributed by atoms with van der Waals surface area (Å²) in [6.45, 7) is 1.76. The van der Waals surface area contributed by atoms with Crippen LogP contribution in [0.25, 0.3) is 6.08 Å². The van der Waals surface area contributed by atoms with E-state index < -0.39 is 12.0 Å². The quantitative estimate of drug-likeness (QED) is 0.607. The molecule has 0 aliphatic carbocycles. The Balaban J connectivity index is 1.97. The molecule has 0 N–H and O–H groups in total. The van der Waals surface area contributed by atoms with Crippen LogP contribution in [0.1, 0.15) is 24.1 Å². The number of esters is 1. The fraction of sp³-hybridized carbons (Fsp3) is 0.136. The van der Waals surface area contributed by atoms with E-state index in [1.165, 1.54) is 18.4 Å². The van der Waals surface area contributed by atoms with Crippen molar-refractivity contribution in [2.24, 2.45) is 4.99 Å². The van der Waals surface area contributed by atoms with Crippen LogP contribution in [-0.2, 0) is 9.53 Å². The summed E-state index contributed by atoms with van der Waals surface area (Å²) in [5, 5.41) is 0.631. The van der Waals surface area contributed by atoms with E-state index in [4.69, 9.17) is 16.3 Å². The number of allylic oxidation sites excluding steroid dienone is 1. The molecule has 146 valence electrons. The number of hydrogen-bond acceptors (Lipinski definition) is 5. The Bertz CT molecular complexity index is 1290. The number of carbonyl (C=O) groups excluding carboxylic acids is 1. The number of halogens is 1. The zero-order valence-electron chi connectivity index (χ0n) is 15.8. The van der Waals surface area contributed by atoms with E-state index in [9.17, 15) is 9.59 Å². The molecule has 2 heterocycles. The number of benzene rings is 2. The maximum atomic E-state index is 13.3. The van der Waals surface area contributed by atoms with Crippen LogP contribution in [0, 0.1) is 0 Å². The van der Waals surface area contributed by atoms with Crippen LogP contribution in [0.3, 0.4) is 0 Å². The average Bonchev–Trinajstić information content (AvgIpc) is 3.03. The molecule has 7 heteroatoms. The molecule has 0 saturated heterocycles. The van der Waals surface area contributed by atoms with Crippen molar-refractivity contribution in [3.8, 4) is 0 Å². The highest BCUT2D eigenvalue weighted by atomic mass is 35.5. The van der Waals surface area contributed by atoms with E-state index in [2.05, 4.69) is 4.99 Å². The minimum atomic E-state index is -0.590. The van der Waals surface area contributed by atoms with Gasteiger partial charge in [-0.15, -0.1) is 0 Å². The van der Waals surface area contributed by atoms with E-state index in [0.29, 0.717) is 25.6 Å². The summed E-state index contributed by atoms with van der Waals surface area (Å²) in [6.07, 6.45) is 1.80. The molecule has 0 spiro atoms. The second-order valence-electron chi connectivity index (χ2n) is 6.54. The Hall–Kier alpha value is -2.96. The summed E-state index contributed by atoms with van der Waals surface area (Å²) < 4.78 is 7.10. The van der Waals surface area contributed by atoms with Crippen LogP contribution >= 0.6 is 22.9 Å². The zero-order valence-corrected chi connectivity index (χ0v) is 17.3. The van der Waals surface area contributed by atoms with Gasteiger partial charge in [0.2, 0.25) is 0 Å². The van der Waals surface area contributed by atoms with Crippen LogP contribution in [-0.4, -0.2) is 17.6 Å². The molecule has 1 aliphatic heterocycles. The van der Waals surface area contributed by atoms with Crippen LogP contribution in [0.2, 0.25) is 5.02 Å². The Labute approximate surface area is 175 Å². The Morgan fingerprint density at radius 1 is 1.17 bits per heavy atom. The van der Waals surface area contributed by atoms with Crippen molar-refractivity contribution in [3.63, 3.8) is 0 Å². The van der Waals surface area contributed by atoms with Gasteiger partial charge in [0.1, 0.15) is 0 Å². The molecule has 0 fully saturated rings. The number of ether oxygens (including phenoxy) is 1. The smallest absolute Gasteiger partial charge is 0.338 e. The third-order valence-corrected chi connectivity index (χ3v) is 5.94. The predicted octanol–water partition coefficient (Wildman–Crippen LogP) is 3.06. The molecule has 0 bridgehead atoms. The molecule has 1 unspecified atom stereocenters. The normalized spacial score (nSPS) is 16.4. The first-order valence-corrected chi connectivity index (χ1v) is 10.1.